The Morgan fingerprint density at radius 1 is 1.28 bits per heavy atom. The van der Waals surface area contributed by atoms with Gasteiger partial charge in [0, 0.05) is 25.3 Å². The predicted molar refractivity (Wildman–Crippen MR) is 78.8 cm³/mol. The van der Waals surface area contributed by atoms with Crippen LogP contribution >= 0.6 is 31.9 Å². The maximum Gasteiger partial charge on any atom is 0.143 e. The highest BCUT2D eigenvalue weighted by Gasteiger charge is 2.26. The highest BCUT2D eigenvalue weighted by Crippen LogP contribution is 2.33. The average molecular weight is 379 g/mol. The zero-order valence-electron chi connectivity index (χ0n) is 10.3. The van der Waals surface area contributed by atoms with Crippen LogP contribution in [0, 0.1) is 0 Å². The van der Waals surface area contributed by atoms with Crippen molar-refractivity contribution in [2.45, 2.75) is 31.8 Å². The Labute approximate surface area is 124 Å². The number of rotatable bonds is 3. The van der Waals surface area contributed by atoms with Crippen molar-refractivity contribution < 1.29 is 9.84 Å². The van der Waals surface area contributed by atoms with Gasteiger partial charge in [0.05, 0.1) is 8.95 Å². The predicted octanol–water partition coefficient (Wildman–Crippen LogP) is 3.58. The average Bonchev–Trinajstić information content (AvgIpc) is 2.34. The molecular formula is C13H17Br2NO2. The molecule has 0 spiro atoms. The molecule has 1 aromatic rings. The van der Waals surface area contributed by atoms with E-state index < -0.39 is 0 Å². The van der Waals surface area contributed by atoms with Gasteiger partial charge in [-0.25, -0.2) is 0 Å². The van der Waals surface area contributed by atoms with Crippen LogP contribution in [0.25, 0.3) is 0 Å². The molecule has 2 N–H and O–H groups in total. The van der Waals surface area contributed by atoms with Gasteiger partial charge in [0.1, 0.15) is 5.75 Å². The lowest BCUT2D eigenvalue weighted by molar-refractivity contribution is 0.0446. The Hall–Kier alpha value is -0.100. The van der Waals surface area contributed by atoms with E-state index in [1.54, 1.807) is 0 Å². The van der Waals surface area contributed by atoms with Gasteiger partial charge in [-0.15, -0.1) is 0 Å². The van der Waals surface area contributed by atoms with Crippen molar-refractivity contribution >= 4 is 31.9 Å². The summed E-state index contributed by atoms with van der Waals surface area (Å²) in [4.78, 5) is 0. The van der Waals surface area contributed by atoms with Crippen molar-refractivity contribution in [1.29, 1.82) is 0 Å². The molecule has 0 aromatic heterocycles. The van der Waals surface area contributed by atoms with E-state index in [4.69, 9.17) is 4.74 Å². The molecule has 1 aliphatic rings. The first kappa shape index (κ1) is 14.3. The second-order valence-electron chi connectivity index (χ2n) is 4.93. The first-order valence-corrected chi connectivity index (χ1v) is 7.58. The molecule has 1 heterocycles. The first-order chi connectivity index (χ1) is 8.50. The number of halogens is 2. The Morgan fingerprint density at radius 3 is 2.39 bits per heavy atom. The van der Waals surface area contributed by atoms with Gasteiger partial charge in [0.2, 0.25) is 0 Å². The molecule has 0 aliphatic carbocycles. The van der Waals surface area contributed by atoms with Crippen molar-refractivity contribution in [1.82, 2.24) is 5.32 Å². The van der Waals surface area contributed by atoms with E-state index in [1.807, 2.05) is 12.1 Å². The Morgan fingerprint density at radius 2 is 1.83 bits per heavy atom. The summed E-state index contributed by atoms with van der Waals surface area (Å²) in [5, 5.41) is 13.3. The molecule has 18 heavy (non-hydrogen) atoms. The maximum atomic E-state index is 9.67. The van der Waals surface area contributed by atoms with E-state index in [0.717, 1.165) is 38.2 Å². The molecule has 1 aliphatic heterocycles. The zero-order valence-corrected chi connectivity index (χ0v) is 13.5. The van der Waals surface area contributed by atoms with Crippen LogP contribution in [0.4, 0.5) is 0 Å². The van der Waals surface area contributed by atoms with Gasteiger partial charge < -0.3 is 15.2 Å². The van der Waals surface area contributed by atoms with Crippen LogP contribution in [0.2, 0.25) is 0 Å². The SMILES string of the molecule is CC1(NCc2cc(Br)c(O)c(Br)c2)CCOCC1. The molecular weight excluding hydrogens is 362 g/mol. The minimum Gasteiger partial charge on any atom is -0.506 e. The number of aromatic hydroxyl groups is 1. The molecule has 2 rings (SSSR count). The molecule has 1 aromatic carbocycles. The summed E-state index contributed by atoms with van der Waals surface area (Å²) in [7, 11) is 0. The monoisotopic (exact) mass is 377 g/mol. The Bertz CT molecular complexity index is 408. The number of hydrogen-bond donors (Lipinski definition) is 2. The summed E-state index contributed by atoms with van der Waals surface area (Å²) in [6, 6.07) is 3.88. The summed E-state index contributed by atoms with van der Waals surface area (Å²) >= 11 is 6.70. The molecule has 0 bridgehead atoms. The van der Waals surface area contributed by atoms with Crippen molar-refractivity contribution in [3.05, 3.63) is 26.6 Å². The van der Waals surface area contributed by atoms with Crippen LogP contribution in [0.3, 0.4) is 0 Å². The molecule has 0 amide bonds. The maximum absolute atomic E-state index is 9.67. The third kappa shape index (κ3) is 3.47. The van der Waals surface area contributed by atoms with Crippen LogP contribution in [0.15, 0.2) is 21.1 Å². The summed E-state index contributed by atoms with van der Waals surface area (Å²) in [5.41, 5.74) is 1.29. The van der Waals surface area contributed by atoms with Gasteiger partial charge >= 0.3 is 0 Å². The van der Waals surface area contributed by atoms with Crippen molar-refractivity contribution in [3.63, 3.8) is 0 Å². The molecule has 100 valence electrons. The lowest BCUT2D eigenvalue weighted by Crippen LogP contribution is -2.46. The fourth-order valence-corrected chi connectivity index (χ4v) is 3.32. The number of phenolic OH excluding ortho intramolecular Hbond substituents is 1. The van der Waals surface area contributed by atoms with Crippen molar-refractivity contribution in [2.24, 2.45) is 0 Å². The van der Waals surface area contributed by atoms with Crippen LogP contribution in [-0.4, -0.2) is 23.9 Å². The molecule has 0 saturated carbocycles. The van der Waals surface area contributed by atoms with Crippen molar-refractivity contribution in [2.75, 3.05) is 13.2 Å². The summed E-state index contributed by atoms with van der Waals surface area (Å²) in [5.74, 6) is 0.246. The summed E-state index contributed by atoms with van der Waals surface area (Å²) < 4.78 is 6.81. The van der Waals surface area contributed by atoms with E-state index in [9.17, 15) is 5.11 Å². The third-order valence-corrected chi connectivity index (χ3v) is 4.60. The topological polar surface area (TPSA) is 41.5 Å². The molecule has 5 heteroatoms. The smallest absolute Gasteiger partial charge is 0.143 e. The molecule has 1 saturated heterocycles. The number of ether oxygens (including phenoxy) is 1. The van der Waals surface area contributed by atoms with Crippen LogP contribution in [0.1, 0.15) is 25.3 Å². The first-order valence-electron chi connectivity index (χ1n) is 6.00. The highest BCUT2D eigenvalue weighted by atomic mass is 79.9. The van der Waals surface area contributed by atoms with E-state index in [2.05, 4.69) is 44.1 Å². The fraction of sp³-hybridized carbons (Fsp3) is 0.538. The largest absolute Gasteiger partial charge is 0.506 e. The molecule has 0 unspecified atom stereocenters. The van der Waals surface area contributed by atoms with E-state index in [0.29, 0.717) is 8.95 Å². The quantitative estimate of drug-likeness (QED) is 0.844. The number of benzene rings is 1. The zero-order chi connectivity index (χ0) is 13.2. The van der Waals surface area contributed by atoms with E-state index in [1.165, 1.54) is 0 Å². The van der Waals surface area contributed by atoms with Gasteiger partial charge in [-0.3, -0.25) is 0 Å². The van der Waals surface area contributed by atoms with Gasteiger partial charge in [-0.2, -0.15) is 0 Å². The number of nitrogens with one attached hydrogen (secondary N) is 1. The number of phenols is 1. The Kier molecular flexibility index (Phi) is 4.69. The van der Waals surface area contributed by atoms with Gasteiger partial charge in [0.15, 0.2) is 0 Å². The number of hydrogen-bond acceptors (Lipinski definition) is 3. The normalized spacial score (nSPS) is 18.8. The van der Waals surface area contributed by atoms with Gasteiger partial charge in [0.25, 0.3) is 0 Å². The molecule has 0 atom stereocenters. The highest BCUT2D eigenvalue weighted by molar-refractivity contribution is 9.11. The van der Waals surface area contributed by atoms with Gasteiger partial charge in [-0.1, -0.05) is 0 Å². The molecule has 1 fully saturated rings. The van der Waals surface area contributed by atoms with E-state index in [-0.39, 0.29) is 11.3 Å². The van der Waals surface area contributed by atoms with Gasteiger partial charge in [-0.05, 0) is 69.3 Å². The second-order valence-corrected chi connectivity index (χ2v) is 6.64. The lowest BCUT2D eigenvalue weighted by atomic mass is 9.92. The minimum atomic E-state index is 0.148. The molecule has 3 nitrogen and oxygen atoms in total. The Balaban J connectivity index is 2.01. The fourth-order valence-electron chi connectivity index (χ4n) is 2.03. The van der Waals surface area contributed by atoms with Crippen LogP contribution in [0.5, 0.6) is 5.75 Å². The molecule has 0 radical (unpaired) electrons. The van der Waals surface area contributed by atoms with Crippen LogP contribution in [-0.2, 0) is 11.3 Å². The standard InChI is InChI=1S/C13H17Br2NO2/c1-13(2-4-18-5-3-13)16-8-9-6-10(14)12(17)11(15)7-9/h6-7,16-17H,2-5,8H2,1H3. The van der Waals surface area contributed by atoms with Crippen LogP contribution < -0.4 is 5.32 Å². The second kappa shape index (κ2) is 5.90. The van der Waals surface area contributed by atoms with Crippen molar-refractivity contribution in [3.8, 4) is 5.75 Å². The van der Waals surface area contributed by atoms with E-state index >= 15 is 0 Å². The summed E-state index contributed by atoms with van der Waals surface area (Å²) in [6.45, 7) is 4.67. The lowest BCUT2D eigenvalue weighted by Gasteiger charge is -2.34. The minimum absolute atomic E-state index is 0.148. The third-order valence-electron chi connectivity index (χ3n) is 3.39. The summed E-state index contributed by atoms with van der Waals surface area (Å²) in [6.07, 6.45) is 2.07.